The lowest BCUT2D eigenvalue weighted by molar-refractivity contribution is -0.765. The van der Waals surface area contributed by atoms with E-state index in [-0.39, 0.29) is 6.42 Å². The van der Waals surface area contributed by atoms with Crippen molar-refractivity contribution in [2.75, 3.05) is 0 Å². The van der Waals surface area contributed by atoms with Crippen molar-refractivity contribution in [1.29, 1.82) is 0 Å². The van der Waals surface area contributed by atoms with Gasteiger partial charge in [-0.25, -0.2) is 0 Å². The standard InChI is InChI=1S/C5H6N2O5/c1-3(8)4-2-5(4,6(9)10)7(11)12/h4H,2H2,1H3. The zero-order chi connectivity index (χ0) is 9.52. The Morgan fingerprint density at radius 2 is 1.83 bits per heavy atom. The third kappa shape index (κ3) is 0.858. The van der Waals surface area contributed by atoms with E-state index in [9.17, 15) is 25.0 Å². The number of carbonyl (C=O) groups is 1. The molecule has 1 atom stereocenters. The van der Waals surface area contributed by atoms with Crippen LogP contribution in [0, 0.1) is 26.1 Å². The van der Waals surface area contributed by atoms with Crippen molar-refractivity contribution in [3.63, 3.8) is 0 Å². The Hall–Kier alpha value is -1.53. The Balaban J connectivity index is 2.90. The molecule has 12 heavy (non-hydrogen) atoms. The van der Waals surface area contributed by atoms with Gasteiger partial charge in [-0.3, -0.25) is 25.0 Å². The molecule has 0 spiro atoms. The van der Waals surface area contributed by atoms with E-state index < -0.39 is 27.2 Å². The Bertz CT molecular complexity index is 259. The Morgan fingerprint density at radius 3 is 1.92 bits per heavy atom. The molecule has 0 bridgehead atoms. The van der Waals surface area contributed by atoms with Gasteiger partial charge >= 0.3 is 5.66 Å². The summed E-state index contributed by atoms with van der Waals surface area (Å²) in [6.45, 7) is 1.12. The highest BCUT2D eigenvalue weighted by Gasteiger charge is 2.80. The van der Waals surface area contributed by atoms with Crippen LogP contribution in [0.5, 0.6) is 0 Å². The van der Waals surface area contributed by atoms with Crippen molar-refractivity contribution in [1.82, 2.24) is 0 Å². The van der Waals surface area contributed by atoms with Crippen LogP contribution in [0.1, 0.15) is 13.3 Å². The summed E-state index contributed by atoms with van der Waals surface area (Å²) in [6.07, 6.45) is -0.275. The number of hydrogen-bond acceptors (Lipinski definition) is 5. The number of nitrogens with zero attached hydrogens (tertiary/aromatic N) is 2. The van der Waals surface area contributed by atoms with E-state index in [1.54, 1.807) is 0 Å². The Labute approximate surface area is 66.7 Å². The second kappa shape index (κ2) is 2.23. The van der Waals surface area contributed by atoms with Crippen LogP contribution in [-0.2, 0) is 4.79 Å². The van der Waals surface area contributed by atoms with Gasteiger partial charge in [0.15, 0.2) is 5.92 Å². The van der Waals surface area contributed by atoms with E-state index >= 15 is 0 Å². The van der Waals surface area contributed by atoms with Crippen LogP contribution >= 0.6 is 0 Å². The minimum absolute atomic E-state index is 0.275. The predicted octanol–water partition coefficient (Wildman–Crippen LogP) is -0.155. The third-order valence-electron chi connectivity index (χ3n) is 2.03. The first-order valence-electron chi connectivity index (χ1n) is 3.22. The van der Waals surface area contributed by atoms with Crippen LogP contribution in [0.2, 0.25) is 0 Å². The smallest absolute Gasteiger partial charge is 0.299 e. The molecule has 0 N–H and O–H groups in total. The zero-order valence-electron chi connectivity index (χ0n) is 6.22. The highest BCUT2D eigenvalue weighted by atomic mass is 16.7. The fraction of sp³-hybridized carbons (Fsp3) is 0.800. The second-order valence-corrected chi connectivity index (χ2v) is 2.76. The van der Waals surface area contributed by atoms with E-state index in [0.29, 0.717) is 0 Å². The van der Waals surface area contributed by atoms with Crippen LogP contribution in [-0.4, -0.2) is 21.3 Å². The average Bonchev–Trinajstić information content (AvgIpc) is 2.60. The molecule has 1 fully saturated rings. The SMILES string of the molecule is CC(=O)C1CC1([N+](=O)[O-])[N+](=O)[O-]. The largest absolute Gasteiger partial charge is 0.469 e. The summed E-state index contributed by atoms with van der Waals surface area (Å²) in [6, 6.07) is 0. The predicted molar refractivity (Wildman–Crippen MR) is 35.5 cm³/mol. The molecule has 0 heterocycles. The molecule has 1 aliphatic rings. The molecule has 0 aromatic carbocycles. The average molecular weight is 174 g/mol. The molecule has 0 amide bonds. The Morgan fingerprint density at radius 1 is 1.42 bits per heavy atom. The maximum Gasteiger partial charge on any atom is 0.469 e. The fourth-order valence-electron chi connectivity index (χ4n) is 1.18. The molecule has 0 saturated heterocycles. The summed E-state index contributed by atoms with van der Waals surface area (Å²) in [5, 5.41) is 20.5. The second-order valence-electron chi connectivity index (χ2n) is 2.76. The van der Waals surface area contributed by atoms with E-state index in [2.05, 4.69) is 0 Å². The van der Waals surface area contributed by atoms with Gasteiger partial charge < -0.3 is 0 Å². The van der Waals surface area contributed by atoms with Crippen molar-refractivity contribution >= 4 is 5.78 Å². The van der Waals surface area contributed by atoms with Crippen LogP contribution < -0.4 is 0 Å². The molecule has 0 radical (unpaired) electrons. The van der Waals surface area contributed by atoms with Crippen molar-refractivity contribution < 1.29 is 14.6 Å². The summed E-state index contributed by atoms with van der Waals surface area (Å²) in [7, 11) is 0. The minimum Gasteiger partial charge on any atom is -0.299 e. The van der Waals surface area contributed by atoms with Gasteiger partial charge in [-0.1, -0.05) is 0 Å². The quantitative estimate of drug-likeness (QED) is 0.336. The lowest BCUT2D eigenvalue weighted by Gasteiger charge is -1.97. The molecule has 1 aliphatic carbocycles. The highest BCUT2D eigenvalue weighted by molar-refractivity contribution is 5.82. The monoisotopic (exact) mass is 174 g/mol. The van der Waals surface area contributed by atoms with Crippen molar-refractivity contribution in [3.8, 4) is 0 Å². The first-order valence-corrected chi connectivity index (χ1v) is 3.22. The van der Waals surface area contributed by atoms with E-state index in [0.717, 1.165) is 6.92 Å². The maximum absolute atomic E-state index is 10.6. The molecule has 7 nitrogen and oxygen atoms in total. The summed E-state index contributed by atoms with van der Waals surface area (Å²) < 4.78 is 0. The first kappa shape index (κ1) is 8.57. The van der Waals surface area contributed by atoms with Crippen LogP contribution in [0.3, 0.4) is 0 Å². The number of ketones is 1. The summed E-state index contributed by atoms with van der Waals surface area (Å²) >= 11 is 0. The van der Waals surface area contributed by atoms with Gasteiger partial charge in [-0.2, -0.15) is 0 Å². The zero-order valence-corrected chi connectivity index (χ0v) is 6.22. The van der Waals surface area contributed by atoms with Gasteiger partial charge in [0.05, 0.1) is 9.85 Å². The van der Waals surface area contributed by atoms with Gasteiger partial charge in [-0.05, 0) is 6.92 Å². The maximum atomic E-state index is 10.6. The molecule has 0 aromatic heterocycles. The molecule has 66 valence electrons. The van der Waals surface area contributed by atoms with E-state index in [1.165, 1.54) is 0 Å². The van der Waals surface area contributed by atoms with Crippen LogP contribution in [0.15, 0.2) is 0 Å². The molecule has 1 saturated carbocycles. The van der Waals surface area contributed by atoms with Gasteiger partial charge in [0.25, 0.3) is 0 Å². The lowest BCUT2D eigenvalue weighted by Crippen LogP contribution is -2.35. The number of rotatable bonds is 3. The molecule has 7 heteroatoms. The minimum atomic E-state index is -2.22. The van der Waals surface area contributed by atoms with Crippen molar-refractivity contribution in [3.05, 3.63) is 20.2 Å². The molecule has 0 aromatic rings. The molecular weight excluding hydrogens is 168 g/mol. The first-order chi connectivity index (χ1) is 5.43. The van der Waals surface area contributed by atoms with E-state index in [1.807, 2.05) is 0 Å². The van der Waals surface area contributed by atoms with E-state index in [4.69, 9.17) is 0 Å². The topological polar surface area (TPSA) is 103 Å². The van der Waals surface area contributed by atoms with Crippen molar-refractivity contribution in [2.45, 2.75) is 19.0 Å². The van der Waals surface area contributed by atoms with Gasteiger partial charge in [0.2, 0.25) is 0 Å². The number of Topliss-reactive ketones (excluding diaryl/α,β-unsaturated/α-hetero) is 1. The lowest BCUT2D eigenvalue weighted by atomic mass is 10.2. The van der Waals surface area contributed by atoms with Crippen molar-refractivity contribution in [2.24, 2.45) is 5.92 Å². The number of nitro groups is 2. The molecule has 1 rings (SSSR count). The summed E-state index contributed by atoms with van der Waals surface area (Å²) in [4.78, 5) is 29.2. The highest BCUT2D eigenvalue weighted by Crippen LogP contribution is 2.46. The van der Waals surface area contributed by atoms with Crippen LogP contribution in [0.25, 0.3) is 0 Å². The normalized spacial score (nSPS) is 24.6. The third-order valence-corrected chi connectivity index (χ3v) is 2.03. The number of carbonyl (C=O) groups excluding carboxylic acids is 1. The number of hydrogen-bond donors (Lipinski definition) is 0. The summed E-state index contributed by atoms with van der Waals surface area (Å²) in [5.41, 5.74) is -2.22. The summed E-state index contributed by atoms with van der Waals surface area (Å²) in [5.74, 6) is -1.54. The molecular formula is C5H6N2O5. The van der Waals surface area contributed by atoms with Crippen LogP contribution in [0.4, 0.5) is 0 Å². The van der Waals surface area contributed by atoms with Gasteiger partial charge in [0.1, 0.15) is 12.2 Å². The molecule has 0 aliphatic heterocycles. The van der Waals surface area contributed by atoms with Gasteiger partial charge in [-0.15, -0.1) is 0 Å². The fourth-order valence-corrected chi connectivity index (χ4v) is 1.18. The Kier molecular flexibility index (Phi) is 1.59. The van der Waals surface area contributed by atoms with Gasteiger partial charge in [0, 0.05) is 0 Å². The molecule has 1 unspecified atom stereocenters.